The topological polar surface area (TPSA) is 29.9 Å². The average molecular weight is 274 g/mol. The van der Waals surface area contributed by atoms with E-state index < -0.39 is 0 Å². The lowest BCUT2D eigenvalue weighted by molar-refractivity contribution is 0.535. The Hall–Kier alpha value is -0.350. The predicted molar refractivity (Wildman–Crippen MR) is 66.8 cm³/mol. The Bertz CT molecular complexity index is 318. The summed E-state index contributed by atoms with van der Waals surface area (Å²) in [6.07, 6.45) is 0.971. The maximum Gasteiger partial charge on any atom is 0.0767 e. The number of rotatable bonds is 5. The predicted octanol–water partition coefficient (Wildman–Crippen LogP) is 2.49. The Morgan fingerprint density at radius 3 is 2.60 bits per heavy atom. The first-order valence-corrected chi connectivity index (χ1v) is 6.26. The second kappa shape index (κ2) is 5.66. The average Bonchev–Trinajstić information content (AvgIpc) is 2.44. The van der Waals surface area contributed by atoms with Crippen LogP contribution in [-0.2, 0) is 20.0 Å². The highest BCUT2D eigenvalue weighted by atomic mass is 79.9. The van der Waals surface area contributed by atoms with E-state index in [9.17, 15) is 0 Å². The van der Waals surface area contributed by atoms with Crippen LogP contribution < -0.4 is 5.32 Å². The number of aromatic nitrogens is 2. The summed E-state index contributed by atoms with van der Waals surface area (Å²) < 4.78 is 3.11. The second-order valence-electron chi connectivity index (χ2n) is 4.21. The fraction of sp³-hybridized carbons (Fsp3) is 0.727. The van der Waals surface area contributed by atoms with Crippen LogP contribution in [0, 0.1) is 5.92 Å². The minimum absolute atomic E-state index is 0.683. The van der Waals surface area contributed by atoms with Crippen LogP contribution in [0.1, 0.15) is 32.2 Å². The number of halogens is 1. The van der Waals surface area contributed by atoms with Crippen molar-refractivity contribution >= 4 is 15.9 Å². The van der Waals surface area contributed by atoms with E-state index in [1.165, 1.54) is 5.69 Å². The number of aryl methyl sites for hydroxylation is 2. The van der Waals surface area contributed by atoms with Gasteiger partial charge in [0.1, 0.15) is 0 Å². The molecule has 0 spiro atoms. The molecular formula is C11H20BrN3. The van der Waals surface area contributed by atoms with Gasteiger partial charge in [-0.1, -0.05) is 20.8 Å². The van der Waals surface area contributed by atoms with E-state index in [0.717, 1.165) is 29.7 Å². The molecule has 0 aromatic carbocycles. The molecule has 0 amide bonds. The van der Waals surface area contributed by atoms with E-state index in [0.29, 0.717) is 5.92 Å². The summed E-state index contributed by atoms with van der Waals surface area (Å²) in [5, 5.41) is 7.89. The van der Waals surface area contributed by atoms with Crippen LogP contribution in [0.5, 0.6) is 0 Å². The van der Waals surface area contributed by atoms with Crippen molar-refractivity contribution in [1.82, 2.24) is 15.1 Å². The third kappa shape index (κ3) is 3.31. The van der Waals surface area contributed by atoms with Crippen molar-refractivity contribution in [3.63, 3.8) is 0 Å². The molecule has 0 unspecified atom stereocenters. The van der Waals surface area contributed by atoms with Crippen LogP contribution in [0.4, 0.5) is 0 Å². The van der Waals surface area contributed by atoms with Crippen molar-refractivity contribution in [3.8, 4) is 0 Å². The standard InChI is InChI=1S/C11H20BrN3/c1-5-9-11(12)10(15(4)14-9)7-13-6-8(2)3/h8,13H,5-7H2,1-4H3. The SMILES string of the molecule is CCc1nn(C)c(CNCC(C)C)c1Br. The van der Waals surface area contributed by atoms with Crippen LogP contribution >= 0.6 is 15.9 Å². The summed E-state index contributed by atoms with van der Waals surface area (Å²) in [5.74, 6) is 0.683. The van der Waals surface area contributed by atoms with Crippen molar-refractivity contribution in [2.24, 2.45) is 13.0 Å². The third-order valence-electron chi connectivity index (χ3n) is 2.35. The van der Waals surface area contributed by atoms with Crippen LogP contribution in [0.3, 0.4) is 0 Å². The Kier molecular flexibility index (Phi) is 4.80. The van der Waals surface area contributed by atoms with E-state index in [-0.39, 0.29) is 0 Å². The van der Waals surface area contributed by atoms with Crippen molar-refractivity contribution in [3.05, 3.63) is 15.9 Å². The van der Waals surface area contributed by atoms with Gasteiger partial charge in [-0.3, -0.25) is 4.68 Å². The Morgan fingerprint density at radius 2 is 2.13 bits per heavy atom. The van der Waals surface area contributed by atoms with Crippen LogP contribution in [0.25, 0.3) is 0 Å². The van der Waals surface area contributed by atoms with Crippen molar-refractivity contribution in [2.75, 3.05) is 6.54 Å². The lowest BCUT2D eigenvalue weighted by Gasteiger charge is -2.07. The van der Waals surface area contributed by atoms with Gasteiger partial charge in [0.15, 0.2) is 0 Å². The molecule has 3 nitrogen and oxygen atoms in total. The minimum Gasteiger partial charge on any atom is -0.311 e. The third-order valence-corrected chi connectivity index (χ3v) is 3.26. The molecule has 15 heavy (non-hydrogen) atoms. The Labute approximate surface area is 100 Å². The molecule has 0 atom stereocenters. The molecule has 0 saturated carbocycles. The van der Waals surface area contributed by atoms with Crippen LogP contribution in [0.2, 0.25) is 0 Å². The first kappa shape index (κ1) is 12.7. The molecule has 1 heterocycles. The van der Waals surface area contributed by atoms with Gasteiger partial charge in [-0.05, 0) is 34.8 Å². The molecule has 0 saturated heterocycles. The monoisotopic (exact) mass is 273 g/mol. The smallest absolute Gasteiger partial charge is 0.0767 e. The molecule has 1 N–H and O–H groups in total. The number of nitrogens with zero attached hydrogens (tertiary/aromatic N) is 2. The summed E-state index contributed by atoms with van der Waals surface area (Å²) in [4.78, 5) is 0. The highest BCUT2D eigenvalue weighted by molar-refractivity contribution is 9.10. The number of nitrogens with one attached hydrogen (secondary N) is 1. The van der Waals surface area contributed by atoms with E-state index in [1.54, 1.807) is 0 Å². The first-order chi connectivity index (χ1) is 7.06. The Morgan fingerprint density at radius 1 is 1.47 bits per heavy atom. The Balaban J connectivity index is 2.64. The summed E-state index contributed by atoms with van der Waals surface area (Å²) >= 11 is 3.61. The van der Waals surface area contributed by atoms with Gasteiger partial charge in [-0.2, -0.15) is 5.10 Å². The van der Waals surface area contributed by atoms with Gasteiger partial charge in [-0.15, -0.1) is 0 Å². The minimum atomic E-state index is 0.683. The van der Waals surface area contributed by atoms with Crippen molar-refractivity contribution in [2.45, 2.75) is 33.7 Å². The van der Waals surface area contributed by atoms with Crippen LogP contribution in [0.15, 0.2) is 4.47 Å². The molecule has 1 aromatic rings. The lowest BCUT2D eigenvalue weighted by atomic mass is 10.2. The zero-order valence-corrected chi connectivity index (χ0v) is 11.6. The molecule has 4 heteroatoms. The fourth-order valence-electron chi connectivity index (χ4n) is 1.49. The quantitative estimate of drug-likeness (QED) is 0.894. The molecule has 0 aliphatic carbocycles. The maximum absolute atomic E-state index is 4.46. The van der Waals surface area contributed by atoms with E-state index in [1.807, 2.05) is 11.7 Å². The zero-order valence-electron chi connectivity index (χ0n) is 9.97. The van der Waals surface area contributed by atoms with Gasteiger partial charge in [-0.25, -0.2) is 0 Å². The molecular weight excluding hydrogens is 254 g/mol. The summed E-state index contributed by atoms with van der Waals surface area (Å²) in [6.45, 7) is 8.46. The molecule has 0 bridgehead atoms. The van der Waals surface area contributed by atoms with E-state index >= 15 is 0 Å². The molecule has 0 fully saturated rings. The van der Waals surface area contributed by atoms with E-state index in [2.05, 4.69) is 47.1 Å². The van der Waals surface area contributed by atoms with E-state index in [4.69, 9.17) is 0 Å². The van der Waals surface area contributed by atoms with Gasteiger partial charge in [0.25, 0.3) is 0 Å². The van der Waals surface area contributed by atoms with Gasteiger partial charge in [0.2, 0.25) is 0 Å². The van der Waals surface area contributed by atoms with Crippen molar-refractivity contribution in [1.29, 1.82) is 0 Å². The molecule has 0 radical (unpaired) electrons. The second-order valence-corrected chi connectivity index (χ2v) is 5.00. The zero-order chi connectivity index (χ0) is 11.4. The summed E-state index contributed by atoms with van der Waals surface area (Å²) in [5.41, 5.74) is 2.37. The van der Waals surface area contributed by atoms with Crippen LogP contribution in [-0.4, -0.2) is 16.3 Å². The highest BCUT2D eigenvalue weighted by Crippen LogP contribution is 2.21. The first-order valence-electron chi connectivity index (χ1n) is 5.47. The van der Waals surface area contributed by atoms with Gasteiger partial charge in [0, 0.05) is 13.6 Å². The molecule has 0 aliphatic rings. The fourth-order valence-corrected chi connectivity index (χ4v) is 2.25. The number of hydrogen-bond donors (Lipinski definition) is 1. The molecule has 86 valence electrons. The molecule has 1 aromatic heterocycles. The van der Waals surface area contributed by atoms with Gasteiger partial charge >= 0.3 is 0 Å². The largest absolute Gasteiger partial charge is 0.311 e. The van der Waals surface area contributed by atoms with Gasteiger partial charge < -0.3 is 5.32 Å². The molecule has 0 aliphatic heterocycles. The normalized spacial score (nSPS) is 11.3. The van der Waals surface area contributed by atoms with Gasteiger partial charge in [0.05, 0.1) is 15.9 Å². The summed E-state index contributed by atoms with van der Waals surface area (Å²) in [7, 11) is 2.00. The summed E-state index contributed by atoms with van der Waals surface area (Å²) in [6, 6.07) is 0. The lowest BCUT2D eigenvalue weighted by Crippen LogP contribution is -2.20. The highest BCUT2D eigenvalue weighted by Gasteiger charge is 2.11. The number of hydrogen-bond acceptors (Lipinski definition) is 2. The maximum atomic E-state index is 4.46. The van der Waals surface area contributed by atoms with Crippen molar-refractivity contribution < 1.29 is 0 Å². The molecule has 1 rings (SSSR count).